The molecule has 1 aromatic heterocycles. The zero-order chi connectivity index (χ0) is 27.4. The number of aryl methyl sites for hydroxylation is 1. The van der Waals surface area contributed by atoms with E-state index < -0.39 is 15.8 Å². The summed E-state index contributed by atoms with van der Waals surface area (Å²) >= 11 is 12.0. The van der Waals surface area contributed by atoms with Crippen LogP contribution >= 0.6 is 23.2 Å². The van der Waals surface area contributed by atoms with E-state index in [1.807, 2.05) is 0 Å². The Kier molecular flexibility index (Phi) is 7.79. The number of ether oxygens (including phenoxy) is 2. The highest BCUT2D eigenvalue weighted by Crippen LogP contribution is 2.33. The van der Waals surface area contributed by atoms with Crippen LogP contribution in [0.4, 0.5) is 17.1 Å². The first-order valence-electron chi connectivity index (χ1n) is 10.8. The first-order valence-corrected chi connectivity index (χ1v) is 11.5. The van der Waals surface area contributed by atoms with E-state index in [9.17, 15) is 25.0 Å². The van der Waals surface area contributed by atoms with Crippen molar-refractivity contribution in [1.82, 2.24) is 0 Å². The fraction of sp³-hybridized carbons (Fsp3) is 0.0800. The number of carbonyl (C=O) groups excluding carboxylic acids is 1. The minimum Gasteiger partial charge on any atom is -0.484 e. The van der Waals surface area contributed by atoms with Gasteiger partial charge in [-0.15, -0.1) is 0 Å². The molecule has 0 aliphatic heterocycles. The van der Waals surface area contributed by atoms with Gasteiger partial charge in [-0.05, 0) is 48.9 Å². The number of amides is 1. The minimum absolute atomic E-state index is 0.0725. The van der Waals surface area contributed by atoms with Crippen LogP contribution in [0.5, 0.6) is 17.2 Å². The van der Waals surface area contributed by atoms with Crippen LogP contribution in [0, 0.1) is 27.2 Å². The molecular weight excluding hydrogens is 541 g/mol. The van der Waals surface area contributed by atoms with Gasteiger partial charge in [-0.2, -0.15) is 0 Å². The number of halogens is 2. The van der Waals surface area contributed by atoms with E-state index in [4.69, 9.17) is 37.1 Å². The first-order chi connectivity index (χ1) is 18.1. The van der Waals surface area contributed by atoms with E-state index in [1.165, 1.54) is 48.5 Å². The Labute approximate surface area is 224 Å². The predicted octanol–water partition coefficient (Wildman–Crippen LogP) is 7.33. The molecule has 1 amide bonds. The molecule has 1 heterocycles. The Morgan fingerprint density at radius 1 is 0.921 bits per heavy atom. The molecule has 0 saturated heterocycles. The zero-order valence-electron chi connectivity index (χ0n) is 19.5. The number of non-ortho nitro benzene ring substituents is 2. The van der Waals surface area contributed by atoms with E-state index in [2.05, 4.69) is 5.32 Å². The highest BCUT2D eigenvalue weighted by Gasteiger charge is 2.17. The average Bonchev–Trinajstić information content (AvgIpc) is 3.34. The maximum absolute atomic E-state index is 12.8. The van der Waals surface area contributed by atoms with Crippen LogP contribution in [0.1, 0.15) is 21.9 Å². The van der Waals surface area contributed by atoms with Gasteiger partial charge >= 0.3 is 0 Å². The lowest BCUT2D eigenvalue weighted by molar-refractivity contribution is -0.385. The Hall–Kier alpha value is -4.61. The predicted molar refractivity (Wildman–Crippen MR) is 138 cm³/mol. The van der Waals surface area contributed by atoms with Crippen molar-refractivity contribution in [3.63, 3.8) is 0 Å². The summed E-state index contributed by atoms with van der Waals surface area (Å²) in [6.07, 6.45) is 0. The van der Waals surface area contributed by atoms with Crippen LogP contribution in [-0.4, -0.2) is 15.8 Å². The summed E-state index contributed by atoms with van der Waals surface area (Å²) in [6.45, 7) is 1.61. The number of furan rings is 1. The van der Waals surface area contributed by atoms with Gasteiger partial charge in [0.25, 0.3) is 17.3 Å². The van der Waals surface area contributed by atoms with Gasteiger partial charge in [0.2, 0.25) is 0 Å². The van der Waals surface area contributed by atoms with Crippen molar-refractivity contribution in [3.8, 4) is 17.2 Å². The summed E-state index contributed by atoms with van der Waals surface area (Å²) in [5, 5.41) is 25.6. The monoisotopic (exact) mass is 557 g/mol. The van der Waals surface area contributed by atoms with E-state index in [-0.39, 0.29) is 51.7 Å². The topological polar surface area (TPSA) is 147 Å². The molecule has 4 aromatic rings. The number of nitrogens with one attached hydrogen (secondary N) is 1. The lowest BCUT2D eigenvalue weighted by Gasteiger charge is -2.11. The summed E-state index contributed by atoms with van der Waals surface area (Å²) in [4.78, 5) is 34.0. The highest BCUT2D eigenvalue weighted by molar-refractivity contribution is 6.32. The standard InChI is InChI=1S/C25H17Cl2N3O8/c1-14-8-15(26)2-6-22(14)38-20-10-16(9-18(11-20)30(34)35)28-25(31)23-7-4-19(37-23)13-36-24-12-17(29(32)33)3-5-21(24)27/h2-12H,13H2,1H3,(H,28,31). The lowest BCUT2D eigenvalue weighted by Crippen LogP contribution is -2.11. The molecule has 0 aliphatic carbocycles. The van der Waals surface area contributed by atoms with Crippen LogP contribution in [0.25, 0.3) is 0 Å². The van der Waals surface area contributed by atoms with Crippen LogP contribution < -0.4 is 14.8 Å². The Morgan fingerprint density at radius 3 is 2.39 bits per heavy atom. The largest absolute Gasteiger partial charge is 0.484 e. The molecule has 0 bridgehead atoms. The molecule has 0 fully saturated rings. The first kappa shape index (κ1) is 26.5. The fourth-order valence-electron chi connectivity index (χ4n) is 3.31. The summed E-state index contributed by atoms with van der Waals surface area (Å²) in [5.74, 6) is 0.0892. The minimum atomic E-state index is -0.682. The van der Waals surface area contributed by atoms with Gasteiger partial charge in [0.15, 0.2) is 5.76 Å². The highest BCUT2D eigenvalue weighted by atomic mass is 35.5. The van der Waals surface area contributed by atoms with E-state index in [0.29, 0.717) is 16.3 Å². The quantitative estimate of drug-likeness (QED) is 0.166. The van der Waals surface area contributed by atoms with Gasteiger partial charge in [0.05, 0.1) is 32.7 Å². The van der Waals surface area contributed by atoms with Gasteiger partial charge < -0.3 is 19.2 Å². The number of rotatable bonds is 9. The fourth-order valence-corrected chi connectivity index (χ4v) is 3.71. The molecule has 1 N–H and O–H groups in total. The van der Waals surface area contributed by atoms with Crippen molar-refractivity contribution in [1.29, 1.82) is 0 Å². The van der Waals surface area contributed by atoms with Gasteiger partial charge in [0.1, 0.15) is 29.6 Å². The maximum Gasteiger partial charge on any atom is 0.291 e. The van der Waals surface area contributed by atoms with E-state index >= 15 is 0 Å². The number of benzene rings is 3. The van der Waals surface area contributed by atoms with Gasteiger partial charge in [-0.3, -0.25) is 25.0 Å². The van der Waals surface area contributed by atoms with E-state index in [0.717, 1.165) is 0 Å². The molecule has 194 valence electrons. The van der Waals surface area contributed by atoms with Crippen molar-refractivity contribution in [2.75, 3.05) is 5.32 Å². The maximum atomic E-state index is 12.8. The Morgan fingerprint density at radius 2 is 1.68 bits per heavy atom. The number of anilines is 1. The molecule has 11 nitrogen and oxygen atoms in total. The summed E-state index contributed by atoms with van der Waals surface area (Å²) < 4.78 is 16.8. The van der Waals surface area contributed by atoms with Gasteiger partial charge in [0, 0.05) is 23.2 Å². The van der Waals surface area contributed by atoms with Crippen molar-refractivity contribution in [2.24, 2.45) is 0 Å². The second kappa shape index (κ2) is 11.2. The molecule has 0 atom stereocenters. The lowest BCUT2D eigenvalue weighted by atomic mass is 10.2. The zero-order valence-corrected chi connectivity index (χ0v) is 21.0. The van der Waals surface area contributed by atoms with Crippen LogP contribution in [0.15, 0.2) is 71.1 Å². The molecule has 0 spiro atoms. The molecule has 4 rings (SSSR count). The van der Waals surface area contributed by atoms with Gasteiger partial charge in [-0.25, -0.2) is 0 Å². The number of nitro groups is 2. The van der Waals surface area contributed by atoms with Crippen LogP contribution in [0.3, 0.4) is 0 Å². The number of carbonyl (C=O) groups is 1. The number of nitrogens with zero attached hydrogens (tertiary/aromatic N) is 2. The number of nitro benzene ring substituents is 2. The third kappa shape index (κ3) is 6.38. The molecule has 3 aromatic carbocycles. The summed E-state index contributed by atoms with van der Waals surface area (Å²) in [6, 6.07) is 15.4. The van der Waals surface area contributed by atoms with E-state index in [1.54, 1.807) is 25.1 Å². The van der Waals surface area contributed by atoms with Crippen molar-refractivity contribution >= 4 is 46.2 Å². The van der Waals surface area contributed by atoms with Crippen molar-refractivity contribution in [3.05, 3.63) is 114 Å². The molecule has 13 heteroatoms. The smallest absolute Gasteiger partial charge is 0.291 e. The third-order valence-electron chi connectivity index (χ3n) is 5.11. The summed E-state index contributed by atoms with van der Waals surface area (Å²) in [5.41, 5.74) is 0.317. The van der Waals surface area contributed by atoms with Crippen molar-refractivity contribution in [2.45, 2.75) is 13.5 Å². The van der Waals surface area contributed by atoms with Crippen molar-refractivity contribution < 1.29 is 28.5 Å². The molecule has 0 radical (unpaired) electrons. The normalized spacial score (nSPS) is 10.6. The third-order valence-corrected chi connectivity index (χ3v) is 5.65. The van der Waals surface area contributed by atoms with Crippen LogP contribution in [0.2, 0.25) is 10.0 Å². The number of hydrogen-bond acceptors (Lipinski definition) is 8. The molecule has 38 heavy (non-hydrogen) atoms. The molecule has 0 aliphatic rings. The average molecular weight is 558 g/mol. The molecular formula is C25H17Cl2N3O8. The second-order valence-electron chi connectivity index (χ2n) is 7.87. The summed E-state index contributed by atoms with van der Waals surface area (Å²) in [7, 11) is 0. The van der Waals surface area contributed by atoms with Gasteiger partial charge in [-0.1, -0.05) is 23.2 Å². The number of hydrogen-bond donors (Lipinski definition) is 1. The second-order valence-corrected chi connectivity index (χ2v) is 8.71. The Balaban J connectivity index is 1.48. The SMILES string of the molecule is Cc1cc(Cl)ccc1Oc1cc(NC(=O)c2ccc(COc3cc([N+](=O)[O-])ccc3Cl)o2)cc([N+](=O)[O-])c1. The van der Waals surface area contributed by atoms with Crippen LogP contribution in [-0.2, 0) is 6.61 Å². The molecule has 0 unspecified atom stereocenters. The Bertz CT molecular complexity index is 1550. The molecule has 0 saturated carbocycles.